The number of sulfonamides is 1. The lowest BCUT2D eigenvalue weighted by atomic mass is 10.3. The Morgan fingerprint density at radius 3 is 2.43 bits per heavy atom. The van der Waals surface area contributed by atoms with Gasteiger partial charge in [-0.1, -0.05) is 6.92 Å². The summed E-state index contributed by atoms with van der Waals surface area (Å²) >= 11 is 0. The van der Waals surface area contributed by atoms with Gasteiger partial charge in [0.15, 0.2) is 0 Å². The smallest absolute Gasteiger partial charge is 0.223 e. The van der Waals surface area contributed by atoms with Crippen LogP contribution in [-0.4, -0.2) is 33.7 Å². The fourth-order valence-corrected chi connectivity index (χ4v) is 1.71. The molecular weight excluding hydrogens is 204 g/mol. The molecule has 1 aliphatic carbocycles. The van der Waals surface area contributed by atoms with E-state index in [-0.39, 0.29) is 18.4 Å². The number of carbonyl (C=O) groups excluding carboxylic acids is 1. The first-order valence-electron chi connectivity index (χ1n) is 4.62. The molecule has 6 heteroatoms. The zero-order valence-electron chi connectivity index (χ0n) is 8.41. The highest BCUT2D eigenvalue weighted by Crippen LogP contribution is 2.37. The Hall–Kier alpha value is -0.620. The van der Waals surface area contributed by atoms with Crippen LogP contribution in [-0.2, 0) is 14.8 Å². The van der Waals surface area contributed by atoms with Crippen molar-refractivity contribution in [3.63, 3.8) is 0 Å². The summed E-state index contributed by atoms with van der Waals surface area (Å²) in [5, 5.41) is 2.68. The van der Waals surface area contributed by atoms with Crippen molar-refractivity contribution in [3.8, 4) is 0 Å². The zero-order chi connectivity index (χ0) is 10.8. The number of amides is 1. The van der Waals surface area contributed by atoms with Crippen molar-refractivity contribution >= 4 is 15.9 Å². The lowest BCUT2D eigenvalue weighted by molar-refractivity contribution is -0.122. The Morgan fingerprint density at radius 1 is 1.43 bits per heavy atom. The molecule has 0 aromatic rings. The van der Waals surface area contributed by atoms with Gasteiger partial charge in [0, 0.05) is 19.0 Å². The van der Waals surface area contributed by atoms with Crippen molar-refractivity contribution in [2.75, 3.05) is 19.3 Å². The first kappa shape index (κ1) is 11.5. The Kier molecular flexibility index (Phi) is 3.49. The van der Waals surface area contributed by atoms with E-state index in [1.54, 1.807) is 0 Å². The van der Waals surface area contributed by atoms with Crippen LogP contribution in [0.15, 0.2) is 0 Å². The summed E-state index contributed by atoms with van der Waals surface area (Å²) in [6.45, 7) is 2.64. The van der Waals surface area contributed by atoms with E-state index in [0.717, 1.165) is 12.7 Å². The van der Waals surface area contributed by atoms with E-state index in [1.807, 2.05) is 6.92 Å². The Labute approximate surface area is 84.3 Å². The van der Waals surface area contributed by atoms with E-state index in [1.165, 1.54) is 0 Å². The molecule has 14 heavy (non-hydrogen) atoms. The molecule has 5 nitrogen and oxygen atoms in total. The van der Waals surface area contributed by atoms with E-state index in [9.17, 15) is 13.2 Å². The maximum Gasteiger partial charge on any atom is 0.223 e. The third-order valence-electron chi connectivity index (χ3n) is 2.23. The number of nitrogens with one attached hydrogen (secondary N) is 2. The third kappa shape index (κ3) is 4.06. The first-order chi connectivity index (χ1) is 6.40. The van der Waals surface area contributed by atoms with Gasteiger partial charge in [-0.2, -0.15) is 0 Å². The predicted molar refractivity (Wildman–Crippen MR) is 53.1 cm³/mol. The van der Waals surface area contributed by atoms with Crippen molar-refractivity contribution < 1.29 is 13.2 Å². The Balaban J connectivity index is 2.07. The van der Waals surface area contributed by atoms with Gasteiger partial charge in [-0.25, -0.2) is 13.1 Å². The summed E-state index contributed by atoms with van der Waals surface area (Å²) in [4.78, 5) is 11.3. The molecule has 0 heterocycles. The molecule has 0 radical (unpaired) electrons. The molecule has 1 amide bonds. The quantitative estimate of drug-likeness (QED) is 0.602. The molecule has 82 valence electrons. The van der Waals surface area contributed by atoms with Gasteiger partial charge in [-0.3, -0.25) is 4.79 Å². The Morgan fingerprint density at radius 2 is 2.00 bits per heavy atom. The van der Waals surface area contributed by atoms with Gasteiger partial charge in [-0.05, 0) is 12.3 Å². The van der Waals surface area contributed by atoms with Crippen LogP contribution in [0.3, 0.4) is 0 Å². The molecule has 0 spiro atoms. The highest BCUT2D eigenvalue weighted by molar-refractivity contribution is 7.88. The molecule has 0 aromatic carbocycles. The summed E-state index contributed by atoms with van der Waals surface area (Å²) in [7, 11) is -3.14. The van der Waals surface area contributed by atoms with Gasteiger partial charge in [0.25, 0.3) is 0 Å². The largest absolute Gasteiger partial charge is 0.355 e. The van der Waals surface area contributed by atoms with Crippen LogP contribution in [0.1, 0.15) is 13.3 Å². The summed E-state index contributed by atoms with van der Waals surface area (Å²) in [5.41, 5.74) is 0. The van der Waals surface area contributed by atoms with Crippen LogP contribution >= 0.6 is 0 Å². The van der Waals surface area contributed by atoms with Crippen LogP contribution in [0.5, 0.6) is 0 Å². The minimum Gasteiger partial charge on any atom is -0.355 e. The van der Waals surface area contributed by atoms with E-state index >= 15 is 0 Å². The van der Waals surface area contributed by atoms with Gasteiger partial charge in [0.2, 0.25) is 15.9 Å². The number of carbonyl (C=O) groups is 1. The number of hydrogen-bond donors (Lipinski definition) is 2. The lowest BCUT2D eigenvalue weighted by Crippen LogP contribution is -2.35. The summed E-state index contributed by atoms with van der Waals surface area (Å²) in [6.07, 6.45) is 2.04. The molecule has 0 unspecified atom stereocenters. The Bertz CT molecular complexity index is 313. The predicted octanol–water partition coefficient (Wildman–Crippen LogP) is -0.692. The molecule has 0 aliphatic heterocycles. The minimum absolute atomic E-state index is 0.0350. The van der Waals surface area contributed by atoms with Crippen molar-refractivity contribution in [2.24, 2.45) is 11.8 Å². The average molecular weight is 220 g/mol. The van der Waals surface area contributed by atoms with Crippen molar-refractivity contribution in [1.82, 2.24) is 10.0 Å². The van der Waals surface area contributed by atoms with Gasteiger partial charge in [0.1, 0.15) is 0 Å². The highest BCUT2D eigenvalue weighted by atomic mass is 32.2. The maximum absolute atomic E-state index is 11.3. The molecule has 1 saturated carbocycles. The molecule has 2 atom stereocenters. The second-order valence-electron chi connectivity index (χ2n) is 3.78. The van der Waals surface area contributed by atoms with Crippen LogP contribution in [0.4, 0.5) is 0 Å². The zero-order valence-corrected chi connectivity index (χ0v) is 9.23. The summed E-state index contributed by atoms with van der Waals surface area (Å²) in [6, 6.07) is 0. The SMILES string of the molecule is C[C@@H]1C[C@H]1C(=O)NCCNS(C)(=O)=O. The molecule has 0 aromatic heterocycles. The fraction of sp³-hybridized carbons (Fsp3) is 0.875. The second-order valence-corrected chi connectivity index (χ2v) is 5.61. The van der Waals surface area contributed by atoms with Crippen LogP contribution in [0.25, 0.3) is 0 Å². The van der Waals surface area contributed by atoms with Gasteiger partial charge < -0.3 is 5.32 Å². The first-order valence-corrected chi connectivity index (χ1v) is 6.51. The number of hydrogen-bond acceptors (Lipinski definition) is 3. The van der Waals surface area contributed by atoms with Crippen molar-refractivity contribution in [1.29, 1.82) is 0 Å². The summed E-state index contributed by atoms with van der Waals surface area (Å²) in [5.74, 6) is 0.666. The van der Waals surface area contributed by atoms with E-state index < -0.39 is 10.0 Å². The number of rotatable bonds is 5. The van der Waals surface area contributed by atoms with Crippen LogP contribution in [0.2, 0.25) is 0 Å². The van der Waals surface area contributed by atoms with E-state index in [0.29, 0.717) is 12.5 Å². The van der Waals surface area contributed by atoms with Crippen LogP contribution < -0.4 is 10.0 Å². The van der Waals surface area contributed by atoms with Crippen molar-refractivity contribution in [3.05, 3.63) is 0 Å². The normalized spacial score (nSPS) is 25.9. The van der Waals surface area contributed by atoms with Gasteiger partial charge in [-0.15, -0.1) is 0 Å². The molecule has 1 aliphatic rings. The monoisotopic (exact) mass is 220 g/mol. The molecule has 0 bridgehead atoms. The van der Waals surface area contributed by atoms with Gasteiger partial charge >= 0.3 is 0 Å². The maximum atomic E-state index is 11.3. The standard InChI is InChI=1S/C8H16N2O3S/c1-6-5-7(6)8(11)9-3-4-10-14(2,12)13/h6-7,10H,3-5H2,1-2H3,(H,9,11)/t6-,7-/m1/s1. The fourth-order valence-electron chi connectivity index (χ4n) is 1.24. The summed E-state index contributed by atoms with van der Waals surface area (Å²) < 4.78 is 23.6. The highest BCUT2D eigenvalue weighted by Gasteiger charge is 2.38. The van der Waals surface area contributed by atoms with Gasteiger partial charge in [0.05, 0.1) is 6.26 Å². The molecule has 1 fully saturated rings. The van der Waals surface area contributed by atoms with Crippen LogP contribution in [0, 0.1) is 11.8 Å². The molecular formula is C8H16N2O3S. The topological polar surface area (TPSA) is 75.3 Å². The average Bonchev–Trinajstić information content (AvgIpc) is 2.74. The molecule has 1 rings (SSSR count). The van der Waals surface area contributed by atoms with E-state index in [2.05, 4.69) is 10.0 Å². The van der Waals surface area contributed by atoms with Crippen molar-refractivity contribution in [2.45, 2.75) is 13.3 Å². The third-order valence-corrected chi connectivity index (χ3v) is 2.96. The lowest BCUT2D eigenvalue weighted by Gasteiger charge is -2.04. The molecule has 2 N–H and O–H groups in total. The minimum atomic E-state index is -3.14. The molecule has 0 saturated heterocycles. The van der Waals surface area contributed by atoms with E-state index in [4.69, 9.17) is 0 Å². The second kappa shape index (κ2) is 4.27.